The fourth-order valence-corrected chi connectivity index (χ4v) is 2.05. The molecule has 0 bridgehead atoms. The summed E-state index contributed by atoms with van der Waals surface area (Å²) in [6, 6.07) is 1.15. The van der Waals surface area contributed by atoms with E-state index in [1.54, 1.807) is 0 Å². The third-order valence-corrected chi connectivity index (χ3v) is 3.07. The van der Waals surface area contributed by atoms with Crippen LogP contribution in [0.3, 0.4) is 0 Å². The van der Waals surface area contributed by atoms with Crippen molar-refractivity contribution in [2.45, 2.75) is 23.8 Å². The van der Waals surface area contributed by atoms with Gasteiger partial charge in [-0.1, -0.05) is 0 Å². The maximum Gasteiger partial charge on any atom is 0.330 e. The highest BCUT2D eigenvalue weighted by atomic mass is 35.5. The second-order valence-electron chi connectivity index (χ2n) is 3.70. The molecule has 94 valence electrons. The molecule has 1 aromatic rings. The molecule has 0 aliphatic carbocycles. The molecule has 3 N–H and O–H groups in total. The highest BCUT2D eigenvalue weighted by Crippen LogP contribution is 2.31. The molecule has 0 aromatic carbocycles. The van der Waals surface area contributed by atoms with Crippen molar-refractivity contribution in [1.82, 2.24) is 9.55 Å². The van der Waals surface area contributed by atoms with Crippen molar-refractivity contribution in [3.63, 3.8) is 0 Å². The lowest BCUT2D eigenvalue weighted by Gasteiger charge is -2.15. The van der Waals surface area contributed by atoms with Crippen LogP contribution in [0.15, 0.2) is 21.9 Å². The zero-order valence-corrected chi connectivity index (χ0v) is 9.37. The first-order valence-electron chi connectivity index (χ1n) is 4.94. The smallest absolute Gasteiger partial charge is 0.330 e. The highest BCUT2D eigenvalue weighted by molar-refractivity contribution is 6.21. The zero-order chi connectivity index (χ0) is 12.6. The van der Waals surface area contributed by atoms with Gasteiger partial charge >= 0.3 is 5.69 Å². The van der Waals surface area contributed by atoms with Crippen LogP contribution in [0.25, 0.3) is 0 Å². The number of halogens is 1. The largest absolute Gasteiger partial charge is 0.394 e. The summed E-state index contributed by atoms with van der Waals surface area (Å²) in [5.74, 6) is 0. The minimum Gasteiger partial charge on any atom is -0.394 e. The van der Waals surface area contributed by atoms with Crippen molar-refractivity contribution in [3.05, 3.63) is 33.1 Å². The van der Waals surface area contributed by atoms with E-state index in [-0.39, 0.29) is 0 Å². The SMILES string of the molecule is O=c1ccn([C@H]2O[C@@H](CO)C(O)C2Cl)c(=O)[nH]1. The Hall–Kier alpha value is -1.15. The number of aliphatic hydroxyl groups excluding tert-OH is 2. The molecule has 0 radical (unpaired) electrons. The van der Waals surface area contributed by atoms with Crippen molar-refractivity contribution < 1.29 is 14.9 Å². The quantitative estimate of drug-likeness (QED) is 0.557. The molecule has 4 atom stereocenters. The zero-order valence-electron chi connectivity index (χ0n) is 8.62. The van der Waals surface area contributed by atoms with Crippen LogP contribution in [0.5, 0.6) is 0 Å². The van der Waals surface area contributed by atoms with Crippen molar-refractivity contribution >= 4 is 11.6 Å². The lowest BCUT2D eigenvalue weighted by molar-refractivity contribution is -0.0457. The fourth-order valence-electron chi connectivity index (χ4n) is 1.71. The lowest BCUT2D eigenvalue weighted by atomic mass is 10.2. The first kappa shape index (κ1) is 12.3. The first-order valence-corrected chi connectivity index (χ1v) is 5.38. The Bertz CT molecular complexity index is 513. The maximum atomic E-state index is 11.5. The Labute approximate surface area is 100 Å². The van der Waals surface area contributed by atoms with E-state index in [4.69, 9.17) is 21.4 Å². The number of ether oxygens (including phenoxy) is 1. The molecule has 0 spiro atoms. The Morgan fingerprint density at radius 3 is 2.76 bits per heavy atom. The molecule has 17 heavy (non-hydrogen) atoms. The average molecular weight is 263 g/mol. The summed E-state index contributed by atoms with van der Waals surface area (Å²) in [5.41, 5.74) is -1.21. The number of nitrogens with zero attached hydrogens (tertiary/aromatic N) is 1. The van der Waals surface area contributed by atoms with E-state index >= 15 is 0 Å². The van der Waals surface area contributed by atoms with Gasteiger partial charge in [0.1, 0.15) is 17.6 Å². The molecule has 1 aliphatic heterocycles. The van der Waals surface area contributed by atoms with Crippen LogP contribution in [0, 0.1) is 0 Å². The standard InChI is InChI=1S/C9H11ClN2O5/c10-6-7(15)4(3-13)17-8(6)12-2-1-5(14)11-9(12)16/h1-2,4,6-8,13,15H,3H2,(H,11,14,16)/t4-,6?,7?,8-/m0/s1. The molecule has 0 saturated carbocycles. The Morgan fingerprint density at radius 1 is 1.53 bits per heavy atom. The van der Waals surface area contributed by atoms with Gasteiger partial charge in [-0.2, -0.15) is 0 Å². The van der Waals surface area contributed by atoms with Crippen LogP contribution < -0.4 is 11.2 Å². The molecule has 1 saturated heterocycles. The Morgan fingerprint density at radius 2 is 2.24 bits per heavy atom. The average Bonchev–Trinajstić information content (AvgIpc) is 2.57. The minimum absolute atomic E-state index is 0.404. The molecule has 7 nitrogen and oxygen atoms in total. The predicted molar refractivity (Wildman–Crippen MR) is 58.0 cm³/mol. The fraction of sp³-hybridized carbons (Fsp3) is 0.556. The van der Waals surface area contributed by atoms with Crippen LogP contribution in [0.2, 0.25) is 0 Å². The summed E-state index contributed by atoms with van der Waals surface area (Å²) in [6.07, 6.45) is -1.62. The monoisotopic (exact) mass is 262 g/mol. The van der Waals surface area contributed by atoms with Gasteiger partial charge in [0.25, 0.3) is 5.56 Å². The second kappa shape index (κ2) is 4.61. The molecular weight excluding hydrogens is 252 g/mol. The molecule has 1 aromatic heterocycles. The van der Waals surface area contributed by atoms with E-state index in [1.165, 1.54) is 6.20 Å². The molecule has 2 rings (SSSR count). The normalized spacial score (nSPS) is 32.9. The van der Waals surface area contributed by atoms with E-state index < -0.39 is 41.7 Å². The molecule has 0 amide bonds. The van der Waals surface area contributed by atoms with E-state index in [0.29, 0.717) is 0 Å². The van der Waals surface area contributed by atoms with Gasteiger partial charge in [0.2, 0.25) is 0 Å². The topological polar surface area (TPSA) is 105 Å². The van der Waals surface area contributed by atoms with Gasteiger partial charge in [0.05, 0.1) is 6.61 Å². The van der Waals surface area contributed by atoms with E-state index in [2.05, 4.69) is 4.98 Å². The third kappa shape index (κ3) is 2.14. The number of nitrogens with one attached hydrogen (secondary N) is 1. The second-order valence-corrected chi connectivity index (χ2v) is 4.20. The van der Waals surface area contributed by atoms with E-state index in [1.807, 2.05) is 0 Å². The van der Waals surface area contributed by atoms with Crippen LogP contribution in [0.1, 0.15) is 6.23 Å². The number of hydrogen-bond donors (Lipinski definition) is 3. The molecule has 2 heterocycles. The van der Waals surface area contributed by atoms with Gasteiger partial charge in [0, 0.05) is 12.3 Å². The number of aromatic amines is 1. The number of H-pyrrole nitrogens is 1. The van der Waals surface area contributed by atoms with Gasteiger partial charge in [-0.25, -0.2) is 4.79 Å². The van der Waals surface area contributed by atoms with Gasteiger partial charge in [-0.3, -0.25) is 14.3 Å². The summed E-state index contributed by atoms with van der Waals surface area (Å²) < 4.78 is 6.32. The predicted octanol–water partition coefficient (Wildman–Crippen LogP) is -1.61. The van der Waals surface area contributed by atoms with Crippen molar-refractivity contribution in [2.24, 2.45) is 0 Å². The molecule has 2 unspecified atom stereocenters. The van der Waals surface area contributed by atoms with Gasteiger partial charge < -0.3 is 14.9 Å². The van der Waals surface area contributed by atoms with Crippen LogP contribution >= 0.6 is 11.6 Å². The van der Waals surface area contributed by atoms with Crippen molar-refractivity contribution in [1.29, 1.82) is 0 Å². The van der Waals surface area contributed by atoms with Crippen LogP contribution in [-0.4, -0.2) is 44.0 Å². The van der Waals surface area contributed by atoms with Gasteiger partial charge in [-0.05, 0) is 0 Å². The Balaban J connectivity index is 2.35. The molecular formula is C9H11ClN2O5. The Kier molecular flexibility index (Phi) is 3.34. The number of rotatable bonds is 2. The maximum absolute atomic E-state index is 11.5. The van der Waals surface area contributed by atoms with Gasteiger partial charge in [-0.15, -0.1) is 11.6 Å². The van der Waals surface area contributed by atoms with Crippen molar-refractivity contribution in [3.8, 4) is 0 Å². The number of hydrogen-bond acceptors (Lipinski definition) is 5. The molecule has 1 fully saturated rings. The highest BCUT2D eigenvalue weighted by Gasteiger charge is 2.43. The number of aromatic nitrogens is 2. The number of alkyl halides is 1. The minimum atomic E-state index is -1.08. The molecule has 1 aliphatic rings. The first-order chi connectivity index (χ1) is 8.04. The summed E-state index contributed by atoms with van der Waals surface area (Å²) in [4.78, 5) is 24.4. The van der Waals surface area contributed by atoms with Crippen LogP contribution in [-0.2, 0) is 4.74 Å². The van der Waals surface area contributed by atoms with Gasteiger partial charge in [0.15, 0.2) is 6.23 Å². The summed E-state index contributed by atoms with van der Waals surface area (Å²) in [5, 5.41) is 17.7. The summed E-state index contributed by atoms with van der Waals surface area (Å²) >= 11 is 5.91. The third-order valence-electron chi connectivity index (χ3n) is 2.60. The molecule has 8 heteroatoms. The summed E-state index contributed by atoms with van der Waals surface area (Å²) in [7, 11) is 0. The van der Waals surface area contributed by atoms with Crippen molar-refractivity contribution in [2.75, 3.05) is 6.61 Å². The number of aliphatic hydroxyl groups is 2. The van der Waals surface area contributed by atoms with E-state index in [0.717, 1.165) is 10.6 Å². The van der Waals surface area contributed by atoms with Crippen LogP contribution in [0.4, 0.5) is 0 Å². The lowest BCUT2D eigenvalue weighted by Crippen LogP contribution is -2.35. The summed E-state index contributed by atoms with van der Waals surface area (Å²) in [6.45, 7) is -0.404. The van der Waals surface area contributed by atoms with E-state index in [9.17, 15) is 14.7 Å².